The summed E-state index contributed by atoms with van der Waals surface area (Å²) in [6.45, 7) is 24.4. The highest BCUT2D eigenvalue weighted by Gasteiger charge is 2.46. The molecule has 3 aliphatic rings. The van der Waals surface area contributed by atoms with Gasteiger partial charge in [0.1, 0.15) is 0 Å². The number of allylic oxidation sites excluding steroid dienone is 2. The fourth-order valence-electron chi connectivity index (χ4n) is 7.25. The fourth-order valence-corrected chi connectivity index (χ4v) is 7.25. The maximum Gasteiger partial charge on any atom is 0.166 e. The quantitative estimate of drug-likeness (QED) is 0.200. The minimum absolute atomic E-state index is 0.0269. The van der Waals surface area contributed by atoms with Gasteiger partial charge in [0.25, 0.3) is 0 Å². The Kier molecular flexibility index (Phi) is 13.3. The zero-order chi connectivity index (χ0) is 31.1. The Bertz CT molecular complexity index is 844. The standard InChI is InChI=1S/C38H69NO3/c1-11-36(5,6)24-23-27(4)34(28-19-15-14-16-20-28)39-26-30(29-21-17-18-22-31(29)40)35-41-32(37(7,8)12-2)25-33(42-35)38(9,10)13-3/h17-18,21,27-28,30-35,39-40H,11-16,19-20,22-26H2,1-10H3. The molecule has 1 saturated heterocycles. The lowest BCUT2D eigenvalue weighted by atomic mass is 9.74. The van der Waals surface area contributed by atoms with E-state index in [0.29, 0.717) is 23.8 Å². The lowest BCUT2D eigenvalue weighted by molar-refractivity contribution is -0.295. The average Bonchev–Trinajstić information content (AvgIpc) is 2.99. The van der Waals surface area contributed by atoms with Gasteiger partial charge in [-0.15, -0.1) is 0 Å². The fraction of sp³-hybridized carbons (Fsp3) is 0.895. The van der Waals surface area contributed by atoms with Crippen LogP contribution in [-0.4, -0.2) is 42.3 Å². The third-order valence-electron chi connectivity index (χ3n) is 12.1. The van der Waals surface area contributed by atoms with E-state index in [9.17, 15) is 5.11 Å². The van der Waals surface area contributed by atoms with Gasteiger partial charge in [-0.25, -0.2) is 0 Å². The van der Waals surface area contributed by atoms with Gasteiger partial charge in [0.2, 0.25) is 0 Å². The van der Waals surface area contributed by atoms with Crippen LogP contribution in [0.25, 0.3) is 0 Å². The van der Waals surface area contributed by atoms with E-state index in [1.165, 1.54) is 51.4 Å². The third kappa shape index (κ3) is 9.41. The van der Waals surface area contributed by atoms with Gasteiger partial charge in [-0.1, -0.05) is 113 Å². The van der Waals surface area contributed by atoms with Crippen molar-refractivity contribution in [1.82, 2.24) is 5.32 Å². The number of aliphatic hydroxyl groups is 1. The Morgan fingerprint density at radius 1 is 0.905 bits per heavy atom. The van der Waals surface area contributed by atoms with Gasteiger partial charge in [0, 0.05) is 24.9 Å². The van der Waals surface area contributed by atoms with E-state index in [0.717, 1.165) is 37.3 Å². The molecule has 1 saturated carbocycles. The molecular weight excluding hydrogens is 518 g/mol. The Morgan fingerprint density at radius 2 is 1.50 bits per heavy atom. The number of aliphatic hydroxyl groups excluding tert-OH is 1. The van der Waals surface area contributed by atoms with E-state index in [1.54, 1.807) is 0 Å². The Balaban J connectivity index is 1.91. The van der Waals surface area contributed by atoms with Crippen LogP contribution in [0.4, 0.5) is 0 Å². The molecule has 1 aliphatic heterocycles. The summed E-state index contributed by atoms with van der Waals surface area (Å²) in [7, 11) is 0. The van der Waals surface area contributed by atoms with Crippen molar-refractivity contribution in [2.45, 2.75) is 177 Å². The normalized spacial score (nSPS) is 28.8. The molecule has 4 heteroatoms. The minimum Gasteiger partial charge on any atom is -0.388 e. The monoisotopic (exact) mass is 588 g/mol. The zero-order valence-corrected chi connectivity index (χ0v) is 29.3. The van der Waals surface area contributed by atoms with Crippen molar-refractivity contribution in [2.24, 2.45) is 34.0 Å². The average molecular weight is 588 g/mol. The number of hydrogen-bond donors (Lipinski definition) is 2. The number of nitrogens with one attached hydrogen (secondary N) is 1. The molecule has 0 spiro atoms. The van der Waals surface area contributed by atoms with E-state index in [2.05, 4.69) is 92.8 Å². The Morgan fingerprint density at radius 3 is 2.02 bits per heavy atom. The zero-order valence-electron chi connectivity index (χ0n) is 29.3. The Labute approximate surface area is 260 Å². The topological polar surface area (TPSA) is 50.7 Å². The highest BCUT2D eigenvalue weighted by Crippen LogP contribution is 2.44. The SMILES string of the molecule is CCC(C)(C)CCC(C)C(NCC(C1=CC=CCC1O)C1OC(C(C)(C)CC)CC(C(C)(C)CC)O1)C1CCCCC1. The summed E-state index contributed by atoms with van der Waals surface area (Å²) < 4.78 is 14.0. The van der Waals surface area contributed by atoms with Crippen LogP contribution in [-0.2, 0) is 9.47 Å². The molecule has 42 heavy (non-hydrogen) atoms. The van der Waals surface area contributed by atoms with Gasteiger partial charge in [0.05, 0.1) is 18.3 Å². The van der Waals surface area contributed by atoms with Gasteiger partial charge < -0.3 is 19.9 Å². The van der Waals surface area contributed by atoms with Crippen molar-refractivity contribution in [3.63, 3.8) is 0 Å². The molecule has 4 nitrogen and oxygen atoms in total. The summed E-state index contributed by atoms with van der Waals surface area (Å²) in [5, 5.41) is 15.4. The first kappa shape index (κ1) is 35.8. The van der Waals surface area contributed by atoms with E-state index in [4.69, 9.17) is 9.47 Å². The van der Waals surface area contributed by atoms with Gasteiger partial charge in [-0.2, -0.15) is 0 Å². The highest BCUT2D eigenvalue weighted by molar-refractivity contribution is 5.25. The molecule has 0 aromatic carbocycles. The van der Waals surface area contributed by atoms with Crippen LogP contribution in [0.2, 0.25) is 0 Å². The molecule has 2 aliphatic carbocycles. The first-order chi connectivity index (χ1) is 19.7. The first-order valence-corrected chi connectivity index (χ1v) is 17.8. The van der Waals surface area contributed by atoms with Crippen molar-refractivity contribution in [3.8, 4) is 0 Å². The molecule has 2 N–H and O–H groups in total. The van der Waals surface area contributed by atoms with E-state index < -0.39 is 6.10 Å². The van der Waals surface area contributed by atoms with Crippen molar-refractivity contribution >= 4 is 0 Å². The van der Waals surface area contributed by atoms with Crippen LogP contribution < -0.4 is 5.32 Å². The molecule has 0 aromatic rings. The lowest BCUT2D eigenvalue weighted by Gasteiger charge is -2.49. The molecule has 244 valence electrons. The molecule has 0 radical (unpaired) electrons. The molecule has 0 amide bonds. The highest BCUT2D eigenvalue weighted by atomic mass is 16.7. The molecule has 2 fully saturated rings. The maximum atomic E-state index is 11.3. The van der Waals surface area contributed by atoms with Crippen LogP contribution >= 0.6 is 0 Å². The molecule has 1 heterocycles. The van der Waals surface area contributed by atoms with E-state index in [-0.39, 0.29) is 35.2 Å². The van der Waals surface area contributed by atoms with Crippen molar-refractivity contribution in [3.05, 3.63) is 23.8 Å². The van der Waals surface area contributed by atoms with Crippen LogP contribution in [0.5, 0.6) is 0 Å². The second kappa shape index (κ2) is 15.5. The van der Waals surface area contributed by atoms with Crippen LogP contribution in [0.1, 0.15) is 146 Å². The molecule has 3 rings (SSSR count). The van der Waals surface area contributed by atoms with Crippen molar-refractivity contribution < 1.29 is 14.6 Å². The summed E-state index contributed by atoms with van der Waals surface area (Å²) in [6, 6.07) is 0.478. The number of rotatable bonds is 15. The number of hydrogen-bond acceptors (Lipinski definition) is 4. The lowest BCUT2D eigenvalue weighted by Crippen LogP contribution is -2.54. The second-order valence-corrected chi connectivity index (χ2v) is 16.4. The predicted molar refractivity (Wildman–Crippen MR) is 178 cm³/mol. The molecule has 0 aromatic heterocycles. The van der Waals surface area contributed by atoms with Crippen molar-refractivity contribution in [1.29, 1.82) is 0 Å². The Hall–Kier alpha value is -0.680. The summed E-state index contributed by atoms with van der Waals surface area (Å²) in [4.78, 5) is 0. The van der Waals surface area contributed by atoms with Gasteiger partial charge in [0.15, 0.2) is 6.29 Å². The van der Waals surface area contributed by atoms with Crippen LogP contribution in [0.3, 0.4) is 0 Å². The third-order valence-corrected chi connectivity index (χ3v) is 12.1. The molecular formula is C38H69NO3. The van der Waals surface area contributed by atoms with Crippen LogP contribution in [0, 0.1) is 34.0 Å². The van der Waals surface area contributed by atoms with Gasteiger partial charge >= 0.3 is 0 Å². The number of ether oxygens (including phenoxy) is 2. The maximum absolute atomic E-state index is 11.3. The van der Waals surface area contributed by atoms with E-state index >= 15 is 0 Å². The van der Waals surface area contributed by atoms with E-state index in [1.807, 2.05) is 0 Å². The largest absolute Gasteiger partial charge is 0.388 e. The summed E-state index contributed by atoms with van der Waals surface area (Å²) >= 11 is 0. The van der Waals surface area contributed by atoms with Crippen molar-refractivity contribution in [2.75, 3.05) is 6.54 Å². The summed E-state index contributed by atoms with van der Waals surface area (Å²) in [5.74, 6) is 1.30. The summed E-state index contributed by atoms with van der Waals surface area (Å²) in [5.41, 5.74) is 1.59. The first-order valence-electron chi connectivity index (χ1n) is 17.8. The van der Waals surface area contributed by atoms with Gasteiger partial charge in [-0.3, -0.25) is 0 Å². The smallest absolute Gasteiger partial charge is 0.166 e. The molecule has 6 atom stereocenters. The summed E-state index contributed by atoms with van der Waals surface area (Å²) in [6.07, 6.45) is 19.9. The molecule has 0 bridgehead atoms. The minimum atomic E-state index is -0.484. The van der Waals surface area contributed by atoms with Gasteiger partial charge in [-0.05, 0) is 78.6 Å². The second-order valence-electron chi connectivity index (χ2n) is 16.4. The molecule has 6 unspecified atom stereocenters. The van der Waals surface area contributed by atoms with Crippen LogP contribution in [0.15, 0.2) is 23.8 Å². The predicted octanol–water partition coefficient (Wildman–Crippen LogP) is 9.61.